The Morgan fingerprint density at radius 1 is 1.24 bits per heavy atom. The molecule has 0 aliphatic rings. The van der Waals surface area contributed by atoms with Gasteiger partial charge in [-0.3, -0.25) is 4.68 Å². The predicted molar refractivity (Wildman–Crippen MR) is 73.7 cm³/mol. The third-order valence-electron chi connectivity index (χ3n) is 2.83. The third kappa shape index (κ3) is 3.66. The molecule has 3 N–H and O–H groups in total. The van der Waals surface area contributed by atoms with Crippen LogP contribution in [0.3, 0.4) is 0 Å². The van der Waals surface area contributed by atoms with E-state index < -0.39 is 24.4 Å². The predicted octanol–water partition coefficient (Wildman–Crippen LogP) is 0.279. The minimum absolute atomic E-state index is 0.170. The molecule has 0 atom stereocenters. The highest BCUT2D eigenvalue weighted by atomic mass is 19.1. The van der Waals surface area contributed by atoms with E-state index in [1.54, 1.807) is 13.8 Å². The molecule has 0 saturated heterocycles. The summed E-state index contributed by atoms with van der Waals surface area (Å²) in [6, 6.07) is 1.72. The first-order valence-corrected chi connectivity index (χ1v) is 6.27. The van der Waals surface area contributed by atoms with Gasteiger partial charge in [-0.2, -0.15) is 5.10 Å². The van der Waals surface area contributed by atoms with Crippen LogP contribution >= 0.6 is 0 Å². The zero-order valence-electron chi connectivity index (χ0n) is 11.6. The van der Waals surface area contributed by atoms with Crippen LogP contribution in [0.2, 0.25) is 0 Å². The molecule has 0 aliphatic carbocycles. The highest BCUT2D eigenvalue weighted by molar-refractivity contribution is 6.58. The molecule has 0 unspecified atom stereocenters. The summed E-state index contributed by atoms with van der Waals surface area (Å²) in [7, 11) is -1.94. The molecule has 1 aromatic carbocycles. The molecule has 1 heterocycles. The number of benzene rings is 1. The fourth-order valence-corrected chi connectivity index (χ4v) is 1.99. The summed E-state index contributed by atoms with van der Waals surface area (Å²) < 4.78 is 29.3. The van der Waals surface area contributed by atoms with E-state index in [2.05, 4.69) is 5.10 Å². The standard InChI is InChI=1S/C13H15BF2N2O3/c1-13(2,19)7-18-6-8(5-17-18)12-10(15)3-9(14(20)21)4-11(12)16/h3-6,19-21H,7H2,1-2H3. The van der Waals surface area contributed by atoms with Crippen LogP contribution in [0, 0.1) is 11.6 Å². The molecule has 0 radical (unpaired) electrons. The first-order valence-electron chi connectivity index (χ1n) is 6.27. The fourth-order valence-electron chi connectivity index (χ4n) is 1.99. The first-order chi connectivity index (χ1) is 9.67. The van der Waals surface area contributed by atoms with Gasteiger partial charge in [0.1, 0.15) is 11.6 Å². The van der Waals surface area contributed by atoms with Gasteiger partial charge in [0.05, 0.1) is 23.9 Å². The second kappa shape index (κ2) is 5.55. The molecule has 21 heavy (non-hydrogen) atoms. The van der Waals surface area contributed by atoms with Gasteiger partial charge in [0, 0.05) is 11.8 Å². The van der Waals surface area contributed by atoms with Gasteiger partial charge in [0.2, 0.25) is 0 Å². The van der Waals surface area contributed by atoms with Crippen LogP contribution in [0.1, 0.15) is 13.8 Å². The average Bonchev–Trinajstić information content (AvgIpc) is 2.73. The number of rotatable bonds is 4. The summed E-state index contributed by atoms with van der Waals surface area (Å²) in [5.74, 6) is -1.83. The summed E-state index contributed by atoms with van der Waals surface area (Å²) in [5, 5.41) is 31.5. The zero-order chi connectivity index (χ0) is 15.8. The Hall–Kier alpha value is -1.77. The van der Waals surface area contributed by atoms with Crippen molar-refractivity contribution in [3.63, 3.8) is 0 Å². The Bertz CT molecular complexity index is 630. The van der Waals surface area contributed by atoms with Crippen LogP contribution in [-0.2, 0) is 6.54 Å². The van der Waals surface area contributed by atoms with Gasteiger partial charge in [0.25, 0.3) is 0 Å². The molecule has 0 fully saturated rings. The molecule has 2 aromatic rings. The van der Waals surface area contributed by atoms with E-state index in [4.69, 9.17) is 10.0 Å². The number of halogens is 2. The SMILES string of the molecule is CC(C)(O)Cn1cc(-c2c(F)cc(B(O)O)cc2F)cn1. The van der Waals surface area contributed by atoms with E-state index in [-0.39, 0.29) is 23.1 Å². The Morgan fingerprint density at radius 3 is 2.29 bits per heavy atom. The summed E-state index contributed by atoms with van der Waals surface area (Å²) in [6.07, 6.45) is 2.69. The number of hydrogen-bond acceptors (Lipinski definition) is 4. The Morgan fingerprint density at radius 2 is 1.81 bits per heavy atom. The monoisotopic (exact) mass is 296 g/mol. The van der Waals surface area contributed by atoms with Gasteiger partial charge in [-0.15, -0.1) is 0 Å². The number of nitrogens with zero attached hydrogens (tertiary/aromatic N) is 2. The van der Waals surface area contributed by atoms with Crippen LogP contribution in [-0.4, -0.2) is 37.7 Å². The highest BCUT2D eigenvalue weighted by Crippen LogP contribution is 2.25. The van der Waals surface area contributed by atoms with Crippen LogP contribution < -0.4 is 5.46 Å². The van der Waals surface area contributed by atoms with E-state index in [0.717, 1.165) is 12.1 Å². The Balaban J connectivity index is 2.39. The maximum Gasteiger partial charge on any atom is 0.488 e. The fraction of sp³-hybridized carbons (Fsp3) is 0.308. The smallest absolute Gasteiger partial charge is 0.423 e. The first kappa shape index (κ1) is 15.6. The summed E-state index contributed by atoms with van der Waals surface area (Å²) in [4.78, 5) is 0. The van der Waals surface area contributed by atoms with Gasteiger partial charge in [-0.1, -0.05) is 0 Å². The number of aliphatic hydroxyl groups is 1. The van der Waals surface area contributed by atoms with Crippen molar-refractivity contribution in [2.45, 2.75) is 26.0 Å². The minimum Gasteiger partial charge on any atom is -0.423 e. The Labute approximate surface area is 120 Å². The highest BCUT2D eigenvalue weighted by Gasteiger charge is 2.21. The third-order valence-corrected chi connectivity index (χ3v) is 2.83. The topological polar surface area (TPSA) is 78.5 Å². The summed E-state index contributed by atoms with van der Waals surface area (Å²) >= 11 is 0. The summed E-state index contributed by atoms with van der Waals surface area (Å²) in [6.45, 7) is 3.35. The molecule has 0 spiro atoms. The normalized spacial score (nSPS) is 11.8. The van der Waals surface area contributed by atoms with Crippen molar-refractivity contribution >= 4 is 12.6 Å². The zero-order valence-corrected chi connectivity index (χ0v) is 11.6. The van der Waals surface area contributed by atoms with E-state index in [1.165, 1.54) is 17.1 Å². The lowest BCUT2D eigenvalue weighted by molar-refractivity contribution is 0.0577. The molecule has 112 valence electrons. The van der Waals surface area contributed by atoms with Crippen LogP contribution in [0.15, 0.2) is 24.5 Å². The largest absolute Gasteiger partial charge is 0.488 e. The van der Waals surface area contributed by atoms with E-state index in [9.17, 15) is 13.9 Å². The molecular formula is C13H15BF2N2O3. The molecule has 0 saturated carbocycles. The van der Waals surface area contributed by atoms with Crippen molar-refractivity contribution in [3.05, 3.63) is 36.2 Å². The Kier molecular flexibility index (Phi) is 4.13. The maximum absolute atomic E-state index is 14.0. The van der Waals surface area contributed by atoms with Gasteiger partial charge < -0.3 is 15.2 Å². The molecule has 2 rings (SSSR count). The molecule has 1 aromatic heterocycles. The van der Waals surface area contributed by atoms with Crippen molar-refractivity contribution in [2.24, 2.45) is 0 Å². The van der Waals surface area contributed by atoms with Crippen LogP contribution in [0.5, 0.6) is 0 Å². The van der Waals surface area contributed by atoms with Gasteiger partial charge in [0.15, 0.2) is 0 Å². The van der Waals surface area contributed by atoms with Crippen molar-refractivity contribution in [2.75, 3.05) is 0 Å². The average molecular weight is 296 g/mol. The lowest BCUT2D eigenvalue weighted by Crippen LogP contribution is -2.30. The van der Waals surface area contributed by atoms with E-state index >= 15 is 0 Å². The van der Waals surface area contributed by atoms with Crippen LogP contribution in [0.25, 0.3) is 11.1 Å². The molecule has 0 bridgehead atoms. The lowest BCUT2D eigenvalue weighted by Gasteiger charge is -2.16. The van der Waals surface area contributed by atoms with Crippen molar-refractivity contribution < 1.29 is 23.9 Å². The van der Waals surface area contributed by atoms with Crippen molar-refractivity contribution in [1.29, 1.82) is 0 Å². The molecule has 0 amide bonds. The van der Waals surface area contributed by atoms with Crippen LogP contribution in [0.4, 0.5) is 8.78 Å². The quantitative estimate of drug-likeness (QED) is 0.708. The molecule has 0 aliphatic heterocycles. The number of aromatic nitrogens is 2. The second-order valence-electron chi connectivity index (χ2n) is 5.47. The van der Waals surface area contributed by atoms with Crippen molar-refractivity contribution in [3.8, 4) is 11.1 Å². The minimum atomic E-state index is -1.94. The van der Waals surface area contributed by atoms with E-state index in [0.29, 0.717) is 0 Å². The molecule has 5 nitrogen and oxygen atoms in total. The molecule has 8 heteroatoms. The van der Waals surface area contributed by atoms with Crippen molar-refractivity contribution in [1.82, 2.24) is 9.78 Å². The summed E-state index contributed by atoms with van der Waals surface area (Å²) in [5.41, 5.74) is -1.38. The van der Waals surface area contributed by atoms with Gasteiger partial charge in [-0.25, -0.2) is 8.78 Å². The van der Waals surface area contributed by atoms with Gasteiger partial charge in [-0.05, 0) is 31.4 Å². The second-order valence-corrected chi connectivity index (χ2v) is 5.47. The lowest BCUT2D eigenvalue weighted by atomic mass is 9.79. The maximum atomic E-state index is 14.0. The molecular weight excluding hydrogens is 281 g/mol. The van der Waals surface area contributed by atoms with E-state index in [1.807, 2.05) is 0 Å². The van der Waals surface area contributed by atoms with Gasteiger partial charge >= 0.3 is 7.12 Å². The number of hydrogen-bond donors (Lipinski definition) is 3.